The van der Waals surface area contributed by atoms with Crippen molar-refractivity contribution >= 4 is 44.0 Å². The van der Waals surface area contributed by atoms with Gasteiger partial charge in [0.2, 0.25) is 5.13 Å². The summed E-state index contributed by atoms with van der Waals surface area (Å²) in [5.41, 5.74) is 8.14. The molecule has 2 aromatic carbocycles. The molecular formula is C20H22N4O2S. The first-order valence-electron chi connectivity index (χ1n) is 8.52. The van der Waals surface area contributed by atoms with E-state index in [9.17, 15) is 4.79 Å². The number of hydrogen-bond donors (Lipinski definition) is 2. The largest absolute Gasteiger partial charge is 0.497 e. The van der Waals surface area contributed by atoms with Crippen LogP contribution < -0.4 is 15.5 Å². The number of amides is 1. The first-order chi connectivity index (χ1) is 12.9. The summed E-state index contributed by atoms with van der Waals surface area (Å²) in [5, 5.41) is 7.97. The molecule has 6 nitrogen and oxygen atoms in total. The van der Waals surface area contributed by atoms with Crippen molar-refractivity contribution < 1.29 is 9.53 Å². The van der Waals surface area contributed by atoms with Crippen LogP contribution in [-0.4, -0.2) is 23.7 Å². The lowest BCUT2D eigenvalue weighted by Gasteiger charge is -2.12. The summed E-state index contributed by atoms with van der Waals surface area (Å²) in [5.74, 6) is 0.562. The average molecular weight is 382 g/mol. The van der Waals surface area contributed by atoms with Crippen LogP contribution in [0, 0.1) is 13.8 Å². The summed E-state index contributed by atoms with van der Waals surface area (Å²) < 4.78 is 6.16. The smallest absolute Gasteiger partial charge is 0.255 e. The van der Waals surface area contributed by atoms with Crippen LogP contribution in [0.5, 0.6) is 5.75 Å². The maximum Gasteiger partial charge on any atom is 0.255 e. The van der Waals surface area contributed by atoms with Gasteiger partial charge in [0, 0.05) is 17.0 Å². The molecule has 7 heteroatoms. The number of carbonyl (C=O) groups excluding carboxylic acids is 1. The third-order valence-corrected chi connectivity index (χ3v) is 5.18. The lowest BCUT2D eigenvalue weighted by Crippen LogP contribution is -2.13. The molecule has 0 atom stereocenters. The molecule has 0 saturated carbocycles. The lowest BCUT2D eigenvalue weighted by atomic mass is 10.1. The van der Waals surface area contributed by atoms with E-state index in [0.29, 0.717) is 5.56 Å². The Morgan fingerprint density at radius 2 is 1.89 bits per heavy atom. The Morgan fingerprint density at radius 1 is 1.19 bits per heavy atom. The molecule has 0 bridgehead atoms. The zero-order chi connectivity index (χ0) is 19.6. The van der Waals surface area contributed by atoms with Gasteiger partial charge in [-0.15, -0.1) is 0 Å². The number of fused-ring (bicyclic) bond motifs is 1. The van der Waals surface area contributed by atoms with Crippen molar-refractivity contribution in [3.8, 4) is 5.75 Å². The van der Waals surface area contributed by atoms with Crippen LogP contribution in [0.3, 0.4) is 0 Å². The van der Waals surface area contributed by atoms with Crippen LogP contribution in [0.15, 0.2) is 35.4 Å². The fraction of sp³-hybridized carbons (Fsp3) is 0.250. The summed E-state index contributed by atoms with van der Waals surface area (Å²) >= 11 is 1.52. The minimum Gasteiger partial charge on any atom is -0.497 e. The summed E-state index contributed by atoms with van der Waals surface area (Å²) in [4.78, 5) is 17.2. The third kappa shape index (κ3) is 4.09. The van der Waals surface area contributed by atoms with Gasteiger partial charge >= 0.3 is 0 Å². The number of nitrogens with one attached hydrogen (secondary N) is 2. The quantitative estimate of drug-likeness (QED) is 0.482. The van der Waals surface area contributed by atoms with Crippen LogP contribution in [-0.2, 0) is 0 Å². The molecule has 0 fully saturated rings. The monoisotopic (exact) mass is 382 g/mol. The van der Waals surface area contributed by atoms with Crippen LogP contribution in [0.25, 0.3) is 10.2 Å². The lowest BCUT2D eigenvalue weighted by molar-refractivity contribution is 0.102. The zero-order valence-corrected chi connectivity index (χ0v) is 16.8. The molecule has 3 rings (SSSR count). The van der Waals surface area contributed by atoms with Gasteiger partial charge in [-0.05, 0) is 69.2 Å². The molecule has 0 radical (unpaired) electrons. The number of ether oxygens (including phenoxy) is 1. The number of rotatable bonds is 5. The predicted molar refractivity (Wildman–Crippen MR) is 112 cm³/mol. The molecule has 1 heterocycles. The highest BCUT2D eigenvalue weighted by atomic mass is 32.1. The van der Waals surface area contributed by atoms with E-state index in [-0.39, 0.29) is 5.91 Å². The number of thiazole rings is 1. The van der Waals surface area contributed by atoms with E-state index in [0.717, 1.165) is 43.6 Å². The molecule has 3 aromatic rings. The average Bonchev–Trinajstić information content (AvgIpc) is 3.06. The molecule has 1 amide bonds. The van der Waals surface area contributed by atoms with Crippen LogP contribution in [0.1, 0.15) is 35.3 Å². The Hall–Kier alpha value is -2.93. The second-order valence-electron chi connectivity index (χ2n) is 6.41. The van der Waals surface area contributed by atoms with E-state index >= 15 is 0 Å². The van der Waals surface area contributed by atoms with E-state index in [1.165, 1.54) is 11.3 Å². The first kappa shape index (κ1) is 18.8. The van der Waals surface area contributed by atoms with E-state index in [2.05, 4.69) is 20.8 Å². The number of carbonyl (C=O) groups is 1. The Bertz CT molecular complexity index is 1020. The van der Waals surface area contributed by atoms with E-state index in [4.69, 9.17) is 4.74 Å². The number of aryl methyl sites for hydroxylation is 2. The molecule has 140 valence electrons. The molecule has 0 unspecified atom stereocenters. The molecule has 0 aliphatic carbocycles. The summed E-state index contributed by atoms with van der Waals surface area (Å²) in [6, 6.07) is 9.02. The van der Waals surface area contributed by atoms with Gasteiger partial charge in [-0.25, -0.2) is 4.98 Å². The van der Waals surface area contributed by atoms with Crippen LogP contribution in [0.4, 0.5) is 10.8 Å². The van der Waals surface area contributed by atoms with Crippen molar-refractivity contribution in [2.45, 2.75) is 27.7 Å². The SMILES string of the molecule is COc1ccc(C(=O)Nc2c(C)cc3nc(NN=C(C)C)sc3c2C)cc1. The van der Waals surface area contributed by atoms with Crippen molar-refractivity contribution in [1.29, 1.82) is 0 Å². The van der Waals surface area contributed by atoms with Gasteiger partial charge in [0.1, 0.15) is 5.75 Å². The molecule has 27 heavy (non-hydrogen) atoms. The zero-order valence-electron chi connectivity index (χ0n) is 16.0. The highest BCUT2D eigenvalue weighted by Gasteiger charge is 2.15. The molecule has 0 aliphatic heterocycles. The minimum atomic E-state index is -0.155. The van der Waals surface area contributed by atoms with Crippen molar-refractivity contribution in [2.24, 2.45) is 5.10 Å². The molecule has 2 N–H and O–H groups in total. The Morgan fingerprint density at radius 3 is 2.52 bits per heavy atom. The second-order valence-corrected chi connectivity index (χ2v) is 7.41. The highest BCUT2D eigenvalue weighted by Crippen LogP contribution is 2.35. The number of methoxy groups -OCH3 is 1. The van der Waals surface area contributed by atoms with Gasteiger partial charge < -0.3 is 10.1 Å². The normalized spacial score (nSPS) is 10.6. The number of benzene rings is 2. The maximum absolute atomic E-state index is 12.6. The van der Waals surface area contributed by atoms with Crippen molar-refractivity contribution in [3.63, 3.8) is 0 Å². The topological polar surface area (TPSA) is 75.6 Å². The standard InChI is InChI=1S/C20H22N4O2S/c1-11(2)23-24-20-21-16-10-12(3)17(13(4)18(16)27-20)22-19(25)14-6-8-15(26-5)9-7-14/h6-10H,1-5H3,(H,21,24)(H,22,25). The van der Waals surface area contributed by atoms with Gasteiger partial charge in [0.05, 0.1) is 17.3 Å². The summed E-state index contributed by atoms with van der Waals surface area (Å²) in [6.07, 6.45) is 0. The van der Waals surface area contributed by atoms with E-state index in [1.807, 2.05) is 33.8 Å². The molecule has 1 aromatic heterocycles. The summed E-state index contributed by atoms with van der Waals surface area (Å²) in [6.45, 7) is 7.80. The highest BCUT2D eigenvalue weighted by molar-refractivity contribution is 7.22. The molecule has 0 spiro atoms. The number of aromatic nitrogens is 1. The Labute approximate surface area is 162 Å². The number of hydrogen-bond acceptors (Lipinski definition) is 6. The van der Waals surface area contributed by atoms with Crippen LogP contribution in [0.2, 0.25) is 0 Å². The van der Waals surface area contributed by atoms with Crippen molar-refractivity contribution in [3.05, 3.63) is 47.0 Å². The third-order valence-electron chi connectivity index (χ3n) is 4.08. The maximum atomic E-state index is 12.6. The van der Waals surface area contributed by atoms with Crippen LogP contribution >= 0.6 is 11.3 Å². The Kier molecular flexibility index (Phi) is 5.41. The van der Waals surface area contributed by atoms with Gasteiger partial charge in [-0.1, -0.05) is 11.3 Å². The van der Waals surface area contributed by atoms with Gasteiger partial charge in [-0.2, -0.15) is 5.10 Å². The first-order valence-corrected chi connectivity index (χ1v) is 9.33. The summed E-state index contributed by atoms with van der Waals surface area (Å²) in [7, 11) is 1.60. The Balaban J connectivity index is 1.91. The van der Waals surface area contributed by atoms with Gasteiger partial charge in [0.15, 0.2) is 0 Å². The van der Waals surface area contributed by atoms with Gasteiger partial charge in [0.25, 0.3) is 5.91 Å². The minimum absolute atomic E-state index is 0.155. The predicted octanol–water partition coefficient (Wildman–Crippen LogP) is 4.98. The molecular weight excluding hydrogens is 360 g/mol. The number of nitrogens with zero attached hydrogens (tertiary/aromatic N) is 2. The molecule has 0 saturated heterocycles. The van der Waals surface area contributed by atoms with Crippen molar-refractivity contribution in [2.75, 3.05) is 17.9 Å². The fourth-order valence-electron chi connectivity index (χ4n) is 2.71. The van der Waals surface area contributed by atoms with E-state index < -0.39 is 0 Å². The number of hydrazone groups is 1. The molecule has 0 aliphatic rings. The fourth-order valence-corrected chi connectivity index (χ4v) is 3.61. The second kappa shape index (κ2) is 7.75. The van der Waals surface area contributed by atoms with E-state index in [1.54, 1.807) is 31.4 Å². The van der Waals surface area contributed by atoms with Gasteiger partial charge in [-0.3, -0.25) is 10.2 Å². The van der Waals surface area contributed by atoms with Crippen molar-refractivity contribution in [1.82, 2.24) is 4.98 Å². The number of anilines is 2.